The SMILES string of the molecule is COC(=O)C=Cc1sc2ccc(C(F)(F)F)cc2c1OC(C)=O. The number of thiophene rings is 1. The van der Waals surface area contributed by atoms with Gasteiger partial charge in [0.1, 0.15) is 0 Å². The van der Waals surface area contributed by atoms with E-state index in [0.29, 0.717) is 9.58 Å². The fraction of sp³-hybridized carbons (Fsp3) is 0.200. The summed E-state index contributed by atoms with van der Waals surface area (Å²) in [4.78, 5) is 22.7. The van der Waals surface area contributed by atoms with Gasteiger partial charge in [-0.15, -0.1) is 11.3 Å². The number of fused-ring (bicyclic) bond motifs is 1. The van der Waals surface area contributed by atoms with Gasteiger partial charge in [-0.05, 0) is 24.3 Å². The molecule has 0 unspecified atom stereocenters. The maximum atomic E-state index is 12.8. The van der Waals surface area contributed by atoms with Crippen LogP contribution in [-0.2, 0) is 20.5 Å². The molecule has 0 aliphatic carbocycles. The van der Waals surface area contributed by atoms with Crippen LogP contribution in [0.25, 0.3) is 16.2 Å². The lowest BCUT2D eigenvalue weighted by molar-refractivity contribution is -0.137. The highest BCUT2D eigenvalue weighted by atomic mass is 32.1. The quantitative estimate of drug-likeness (QED) is 0.623. The summed E-state index contributed by atoms with van der Waals surface area (Å²) >= 11 is 1.10. The van der Waals surface area contributed by atoms with Gasteiger partial charge in [-0.1, -0.05) is 0 Å². The van der Waals surface area contributed by atoms with Crippen molar-refractivity contribution < 1.29 is 32.2 Å². The molecule has 0 aliphatic rings. The third-order valence-electron chi connectivity index (χ3n) is 2.81. The average molecular weight is 344 g/mol. The van der Waals surface area contributed by atoms with Crippen LogP contribution < -0.4 is 4.74 Å². The Hall–Kier alpha value is -2.35. The highest BCUT2D eigenvalue weighted by Gasteiger charge is 2.31. The van der Waals surface area contributed by atoms with Crippen molar-refractivity contribution in [3.8, 4) is 5.75 Å². The summed E-state index contributed by atoms with van der Waals surface area (Å²) in [5, 5.41) is 0.157. The Morgan fingerprint density at radius 3 is 2.52 bits per heavy atom. The van der Waals surface area contributed by atoms with Gasteiger partial charge in [-0.25, -0.2) is 4.79 Å². The molecule has 0 aliphatic heterocycles. The summed E-state index contributed by atoms with van der Waals surface area (Å²) in [6, 6.07) is 3.16. The van der Waals surface area contributed by atoms with E-state index in [1.54, 1.807) is 0 Å². The number of carbonyl (C=O) groups is 2. The van der Waals surface area contributed by atoms with Gasteiger partial charge in [0, 0.05) is 23.1 Å². The molecule has 0 bridgehead atoms. The molecule has 1 aromatic heterocycles. The van der Waals surface area contributed by atoms with Crippen LogP contribution in [0.4, 0.5) is 13.2 Å². The first-order valence-electron chi connectivity index (χ1n) is 6.30. The number of alkyl halides is 3. The number of rotatable bonds is 3. The molecule has 0 radical (unpaired) electrons. The van der Waals surface area contributed by atoms with Gasteiger partial charge in [-0.3, -0.25) is 4.79 Å². The molecule has 0 spiro atoms. The molecular weight excluding hydrogens is 333 g/mol. The van der Waals surface area contributed by atoms with Crippen molar-refractivity contribution in [1.29, 1.82) is 0 Å². The van der Waals surface area contributed by atoms with Crippen LogP contribution in [0.15, 0.2) is 24.3 Å². The Morgan fingerprint density at radius 1 is 1.26 bits per heavy atom. The summed E-state index contributed by atoms with van der Waals surface area (Å²) in [5.41, 5.74) is -0.848. The largest absolute Gasteiger partial charge is 0.466 e. The summed E-state index contributed by atoms with van der Waals surface area (Å²) in [6.45, 7) is 1.14. The van der Waals surface area contributed by atoms with Crippen LogP contribution >= 0.6 is 11.3 Å². The number of esters is 2. The van der Waals surface area contributed by atoms with Crippen LogP contribution in [0.2, 0.25) is 0 Å². The molecule has 0 N–H and O–H groups in total. The number of carbonyl (C=O) groups excluding carboxylic acids is 2. The molecule has 1 aromatic carbocycles. The van der Waals surface area contributed by atoms with Crippen molar-refractivity contribution in [2.45, 2.75) is 13.1 Å². The van der Waals surface area contributed by atoms with E-state index >= 15 is 0 Å². The van der Waals surface area contributed by atoms with Crippen LogP contribution in [0.3, 0.4) is 0 Å². The molecule has 4 nitrogen and oxygen atoms in total. The first-order chi connectivity index (χ1) is 10.7. The molecule has 2 rings (SSSR count). The highest BCUT2D eigenvalue weighted by Crippen LogP contribution is 2.41. The van der Waals surface area contributed by atoms with Crippen molar-refractivity contribution in [3.63, 3.8) is 0 Å². The number of methoxy groups -OCH3 is 1. The molecule has 0 saturated carbocycles. The fourth-order valence-electron chi connectivity index (χ4n) is 1.84. The zero-order valence-electron chi connectivity index (χ0n) is 12.1. The smallest absolute Gasteiger partial charge is 0.416 e. The molecule has 122 valence electrons. The Morgan fingerprint density at radius 2 is 1.96 bits per heavy atom. The minimum absolute atomic E-state index is 0.0104. The van der Waals surface area contributed by atoms with E-state index in [9.17, 15) is 22.8 Å². The van der Waals surface area contributed by atoms with E-state index in [1.807, 2.05) is 0 Å². The standard InChI is InChI=1S/C15H11F3O4S/c1-8(19)22-14-10-7-9(15(16,17)18)3-4-11(10)23-12(14)5-6-13(20)21-2/h3-7H,1-2H3. The zero-order chi connectivity index (χ0) is 17.2. The maximum Gasteiger partial charge on any atom is 0.416 e. The number of halogens is 3. The van der Waals surface area contributed by atoms with Crippen LogP contribution in [-0.4, -0.2) is 19.0 Å². The van der Waals surface area contributed by atoms with Gasteiger partial charge in [0.05, 0.1) is 17.6 Å². The number of hydrogen-bond donors (Lipinski definition) is 0. The average Bonchev–Trinajstić information content (AvgIpc) is 2.80. The van der Waals surface area contributed by atoms with Crippen molar-refractivity contribution in [3.05, 3.63) is 34.7 Å². The van der Waals surface area contributed by atoms with Crippen molar-refractivity contribution in [2.24, 2.45) is 0 Å². The topological polar surface area (TPSA) is 52.6 Å². The summed E-state index contributed by atoms with van der Waals surface area (Å²) in [6.07, 6.45) is -2.07. The van der Waals surface area contributed by atoms with Gasteiger partial charge >= 0.3 is 18.1 Å². The molecule has 23 heavy (non-hydrogen) atoms. The van der Waals surface area contributed by atoms with E-state index < -0.39 is 23.7 Å². The van der Waals surface area contributed by atoms with Gasteiger partial charge in [0.15, 0.2) is 5.75 Å². The molecule has 0 fully saturated rings. The lowest BCUT2D eigenvalue weighted by atomic mass is 10.1. The highest BCUT2D eigenvalue weighted by molar-refractivity contribution is 7.20. The van der Waals surface area contributed by atoms with Crippen LogP contribution in [0, 0.1) is 0 Å². The predicted octanol–water partition coefficient (Wildman–Crippen LogP) is 4.03. The van der Waals surface area contributed by atoms with Crippen molar-refractivity contribution >= 4 is 39.4 Å². The van der Waals surface area contributed by atoms with Crippen LogP contribution in [0.5, 0.6) is 5.75 Å². The Labute approximate surface area is 133 Å². The summed E-state index contributed by atoms with van der Waals surface area (Å²) in [5.74, 6) is -1.31. The molecular formula is C15H11F3O4S. The van der Waals surface area contributed by atoms with E-state index in [2.05, 4.69) is 4.74 Å². The normalized spacial score (nSPS) is 11.9. The maximum absolute atomic E-state index is 12.8. The lowest BCUT2D eigenvalue weighted by Gasteiger charge is -2.07. The summed E-state index contributed by atoms with van der Waals surface area (Å²) < 4.78 is 48.5. The monoisotopic (exact) mass is 344 g/mol. The molecule has 0 amide bonds. The second kappa shape index (κ2) is 6.41. The molecule has 1 heterocycles. The minimum atomic E-state index is -4.51. The second-order valence-corrected chi connectivity index (χ2v) is 5.54. The molecule has 8 heteroatoms. The molecule has 2 aromatic rings. The molecule has 0 atom stereocenters. The first kappa shape index (κ1) is 17.0. The third kappa shape index (κ3) is 3.89. The Balaban J connectivity index is 2.60. The Kier molecular flexibility index (Phi) is 4.74. The predicted molar refractivity (Wildman–Crippen MR) is 79.2 cm³/mol. The van der Waals surface area contributed by atoms with Gasteiger partial charge < -0.3 is 9.47 Å². The van der Waals surface area contributed by atoms with Crippen LogP contribution in [0.1, 0.15) is 17.4 Å². The lowest BCUT2D eigenvalue weighted by Crippen LogP contribution is -2.05. The number of ether oxygens (including phenoxy) is 2. The summed E-state index contributed by atoms with van der Waals surface area (Å²) in [7, 11) is 1.19. The van der Waals surface area contributed by atoms with E-state index in [0.717, 1.165) is 36.5 Å². The second-order valence-electron chi connectivity index (χ2n) is 4.45. The first-order valence-corrected chi connectivity index (χ1v) is 7.12. The molecule has 0 saturated heterocycles. The van der Waals surface area contributed by atoms with Gasteiger partial charge in [0.2, 0.25) is 0 Å². The Bertz CT molecular complexity index is 790. The number of benzene rings is 1. The fourth-order valence-corrected chi connectivity index (χ4v) is 2.86. The van der Waals surface area contributed by atoms with Crippen molar-refractivity contribution in [2.75, 3.05) is 7.11 Å². The third-order valence-corrected chi connectivity index (χ3v) is 3.93. The number of hydrogen-bond acceptors (Lipinski definition) is 5. The minimum Gasteiger partial charge on any atom is -0.466 e. The van der Waals surface area contributed by atoms with Crippen molar-refractivity contribution in [1.82, 2.24) is 0 Å². The van der Waals surface area contributed by atoms with E-state index in [4.69, 9.17) is 4.74 Å². The van der Waals surface area contributed by atoms with Gasteiger partial charge in [0.25, 0.3) is 0 Å². The van der Waals surface area contributed by atoms with E-state index in [1.165, 1.54) is 19.3 Å². The van der Waals surface area contributed by atoms with Gasteiger partial charge in [-0.2, -0.15) is 13.2 Å². The zero-order valence-corrected chi connectivity index (χ0v) is 12.9. The van der Waals surface area contributed by atoms with E-state index in [-0.39, 0.29) is 11.1 Å².